The van der Waals surface area contributed by atoms with E-state index in [9.17, 15) is 9.59 Å². The molecule has 0 aliphatic carbocycles. The van der Waals surface area contributed by atoms with Gasteiger partial charge in [-0.2, -0.15) is 0 Å². The molecule has 0 saturated heterocycles. The third kappa shape index (κ3) is 6.49. The quantitative estimate of drug-likeness (QED) is 0.710. The Morgan fingerprint density at radius 3 is 2.15 bits per heavy atom. The van der Waals surface area contributed by atoms with Gasteiger partial charge >= 0.3 is 0 Å². The normalized spacial score (nSPS) is 10.4. The molecule has 144 valence electrons. The van der Waals surface area contributed by atoms with E-state index in [2.05, 4.69) is 10.9 Å². The first-order valence-electron chi connectivity index (χ1n) is 8.55. The van der Waals surface area contributed by atoms with Gasteiger partial charge in [-0.3, -0.25) is 20.4 Å². The Bertz CT molecular complexity index is 808. The fourth-order valence-corrected chi connectivity index (χ4v) is 2.59. The van der Waals surface area contributed by atoms with Crippen molar-refractivity contribution < 1.29 is 19.1 Å². The van der Waals surface area contributed by atoms with E-state index in [1.54, 1.807) is 18.2 Å². The van der Waals surface area contributed by atoms with Gasteiger partial charge in [0.2, 0.25) is 0 Å². The summed E-state index contributed by atoms with van der Waals surface area (Å²) < 4.78 is 10.9. The molecule has 0 aliphatic rings. The van der Waals surface area contributed by atoms with Gasteiger partial charge in [-0.1, -0.05) is 43.6 Å². The Morgan fingerprint density at radius 2 is 1.56 bits per heavy atom. The summed E-state index contributed by atoms with van der Waals surface area (Å²) in [5.74, 6) is 0.521. The molecule has 2 aromatic rings. The van der Waals surface area contributed by atoms with Crippen molar-refractivity contribution >= 4 is 23.4 Å². The topological polar surface area (TPSA) is 76.7 Å². The van der Waals surface area contributed by atoms with Gasteiger partial charge in [0.25, 0.3) is 11.8 Å². The van der Waals surface area contributed by atoms with Crippen LogP contribution in [-0.2, 0) is 9.59 Å². The highest BCUT2D eigenvalue weighted by atomic mass is 35.5. The van der Waals surface area contributed by atoms with Crippen LogP contribution >= 0.6 is 11.6 Å². The van der Waals surface area contributed by atoms with Crippen molar-refractivity contribution in [1.29, 1.82) is 0 Å². The predicted octanol–water partition coefficient (Wildman–Crippen LogP) is 3.38. The molecule has 0 spiro atoms. The van der Waals surface area contributed by atoms with E-state index in [-0.39, 0.29) is 19.1 Å². The molecule has 0 unspecified atom stereocenters. The molecule has 2 aromatic carbocycles. The minimum Gasteiger partial charge on any atom is -0.483 e. The molecule has 0 saturated carbocycles. The maximum atomic E-state index is 11.9. The van der Waals surface area contributed by atoms with Gasteiger partial charge in [-0.15, -0.1) is 0 Å². The first-order valence-corrected chi connectivity index (χ1v) is 8.93. The van der Waals surface area contributed by atoms with Crippen molar-refractivity contribution in [3.8, 4) is 11.5 Å². The van der Waals surface area contributed by atoms with Crippen molar-refractivity contribution in [2.75, 3.05) is 13.2 Å². The molecule has 7 heteroatoms. The van der Waals surface area contributed by atoms with E-state index < -0.39 is 11.8 Å². The summed E-state index contributed by atoms with van der Waals surface area (Å²) in [4.78, 5) is 23.7. The summed E-state index contributed by atoms with van der Waals surface area (Å²) in [6.45, 7) is 5.48. The highest BCUT2D eigenvalue weighted by Gasteiger charge is 2.10. The molecule has 6 nitrogen and oxygen atoms in total. The summed E-state index contributed by atoms with van der Waals surface area (Å²) >= 11 is 5.87. The van der Waals surface area contributed by atoms with Crippen LogP contribution in [0, 0.1) is 6.92 Å². The number of rotatable bonds is 7. The number of carbonyl (C=O) groups is 2. The highest BCUT2D eigenvalue weighted by Crippen LogP contribution is 2.25. The standard InChI is InChI=1S/C20H23ClN2O4/c1-13(2)16-6-4-5-7-18(16)27-12-20(25)23-22-19(24)11-26-17-9-8-15(21)10-14(17)3/h4-10,13H,11-12H2,1-3H3,(H,22,24)(H,23,25). The molecular weight excluding hydrogens is 368 g/mol. The van der Waals surface area contributed by atoms with Crippen LogP contribution in [0.5, 0.6) is 11.5 Å². The fourth-order valence-electron chi connectivity index (χ4n) is 2.36. The second-order valence-corrected chi connectivity index (χ2v) is 6.71. The lowest BCUT2D eigenvalue weighted by Crippen LogP contribution is -2.45. The summed E-state index contributed by atoms with van der Waals surface area (Å²) in [7, 11) is 0. The largest absolute Gasteiger partial charge is 0.483 e. The monoisotopic (exact) mass is 390 g/mol. The summed E-state index contributed by atoms with van der Waals surface area (Å²) in [5, 5.41) is 0.593. The molecule has 0 fully saturated rings. The maximum absolute atomic E-state index is 11.9. The van der Waals surface area contributed by atoms with E-state index in [1.807, 2.05) is 45.0 Å². The third-order valence-electron chi connectivity index (χ3n) is 3.74. The van der Waals surface area contributed by atoms with Crippen molar-refractivity contribution in [3.05, 3.63) is 58.6 Å². The predicted molar refractivity (Wildman–Crippen MR) is 104 cm³/mol. The van der Waals surface area contributed by atoms with Crippen LogP contribution in [0.2, 0.25) is 5.02 Å². The van der Waals surface area contributed by atoms with Crippen LogP contribution in [0.15, 0.2) is 42.5 Å². The average Bonchev–Trinajstić information content (AvgIpc) is 2.64. The Morgan fingerprint density at radius 1 is 0.963 bits per heavy atom. The Labute approximate surface area is 163 Å². The number of nitrogens with one attached hydrogen (secondary N) is 2. The maximum Gasteiger partial charge on any atom is 0.276 e. The van der Waals surface area contributed by atoms with Crippen LogP contribution in [0.1, 0.15) is 30.9 Å². The van der Waals surface area contributed by atoms with Gasteiger partial charge in [0, 0.05) is 5.02 Å². The van der Waals surface area contributed by atoms with Gasteiger partial charge in [0.15, 0.2) is 13.2 Å². The van der Waals surface area contributed by atoms with Crippen LogP contribution in [0.25, 0.3) is 0 Å². The number of hydrogen-bond donors (Lipinski definition) is 2. The smallest absolute Gasteiger partial charge is 0.276 e. The Balaban J connectivity index is 1.74. The molecule has 0 aromatic heterocycles. The van der Waals surface area contributed by atoms with Crippen molar-refractivity contribution in [2.45, 2.75) is 26.7 Å². The van der Waals surface area contributed by atoms with Gasteiger partial charge in [-0.05, 0) is 48.2 Å². The summed E-state index contributed by atoms with van der Waals surface area (Å²) in [5.41, 5.74) is 6.42. The van der Waals surface area contributed by atoms with Gasteiger partial charge in [-0.25, -0.2) is 0 Å². The zero-order chi connectivity index (χ0) is 19.8. The number of para-hydroxylation sites is 1. The SMILES string of the molecule is Cc1cc(Cl)ccc1OCC(=O)NNC(=O)COc1ccccc1C(C)C. The lowest BCUT2D eigenvalue weighted by Gasteiger charge is -2.14. The minimum absolute atomic E-state index is 0.207. The number of aryl methyl sites for hydroxylation is 1. The molecule has 0 radical (unpaired) electrons. The number of hydrogen-bond acceptors (Lipinski definition) is 4. The Hall–Kier alpha value is -2.73. The number of benzene rings is 2. The molecule has 0 aliphatic heterocycles. The number of ether oxygens (including phenoxy) is 2. The number of hydrazine groups is 1. The zero-order valence-electron chi connectivity index (χ0n) is 15.5. The van der Waals surface area contributed by atoms with E-state index in [4.69, 9.17) is 21.1 Å². The van der Waals surface area contributed by atoms with Gasteiger partial charge in [0.05, 0.1) is 0 Å². The fraction of sp³-hybridized carbons (Fsp3) is 0.300. The molecule has 0 bridgehead atoms. The first-order chi connectivity index (χ1) is 12.9. The zero-order valence-corrected chi connectivity index (χ0v) is 16.3. The van der Waals surface area contributed by atoms with Crippen molar-refractivity contribution in [3.63, 3.8) is 0 Å². The van der Waals surface area contributed by atoms with E-state index in [0.717, 1.165) is 11.1 Å². The first kappa shape index (κ1) is 20.6. The third-order valence-corrected chi connectivity index (χ3v) is 3.97. The van der Waals surface area contributed by atoms with Gasteiger partial charge < -0.3 is 9.47 Å². The molecular formula is C20H23ClN2O4. The molecule has 2 amide bonds. The molecule has 2 N–H and O–H groups in total. The second-order valence-electron chi connectivity index (χ2n) is 6.28. The van der Waals surface area contributed by atoms with E-state index >= 15 is 0 Å². The minimum atomic E-state index is -0.486. The highest BCUT2D eigenvalue weighted by molar-refractivity contribution is 6.30. The second kappa shape index (κ2) is 9.83. The number of carbonyl (C=O) groups excluding carboxylic acids is 2. The Kier molecular flexibility index (Phi) is 7.49. The average molecular weight is 391 g/mol. The lowest BCUT2D eigenvalue weighted by atomic mass is 10.0. The molecule has 27 heavy (non-hydrogen) atoms. The summed E-state index contributed by atoms with van der Waals surface area (Å²) in [6.07, 6.45) is 0. The van der Waals surface area contributed by atoms with Crippen LogP contribution in [-0.4, -0.2) is 25.0 Å². The van der Waals surface area contributed by atoms with Crippen molar-refractivity contribution in [2.24, 2.45) is 0 Å². The summed E-state index contributed by atoms with van der Waals surface area (Å²) in [6, 6.07) is 12.6. The van der Waals surface area contributed by atoms with E-state index in [0.29, 0.717) is 16.5 Å². The number of halogens is 1. The molecule has 2 rings (SSSR count). The van der Waals surface area contributed by atoms with Gasteiger partial charge in [0.1, 0.15) is 11.5 Å². The number of amides is 2. The lowest BCUT2D eigenvalue weighted by molar-refractivity contribution is -0.131. The molecule has 0 atom stereocenters. The van der Waals surface area contributed by atoms with E-state index in [1.165, 1.54) is 0 Å². The van der Waals surface area contributed by atoms with Crippen LogP contribution in [0.3, 0.4) is 0 Å². The van der Waals surface area contributed by atoms with Crippen LogP contribution in [0.4, 0.5) is 0 Å². The van der Waals surface area contributed by atoms with Crippen LogP contribution < -0.4 is 20.3 Å². The molecule has 0 heterocycles. The van der Waals surface area contributed by atoms with Crippen molar-refractivity contribution in [1.82, 2.24) is 10.9 Å².